The van der Waals surface area contributed by atoms with E-state index in [2.05, 4.69) is 15.2 Å². The summed E-state index contributed by atoms with van der Waals surface area (Å²) in [5, 5.41) is 8.06. The van der Waals surface area contributed by atoms with Crippen LogP contribution in [0.25, 0.3) is 0 Å². The molecule has 1 unspecified atom stereocenters. The summed E-state index contributed by atoms with van der Waals surface area (Å²) in [4.78, 5) is 18.5. The van der Waals surface area contributed by atoms with Crippen LogP contribution in [0.15, 0.2) is 22.7 Å². The van der Waals surface area contributed by atoms with Crippen LogP contribution in [0.3, 0.4) is 0 Å². The first-order valence-corrected chi connectivity index (χ1v) is 7.83. The van der Waals surface area contributed by atoms with Gasteiger partial charge in [-0.25, -0.2) is 4.98 Å². The third-order valence-electron chi connectivity index (χ3n) is 3.77. The van der Waals surface area contributed by atoms with Gasteiger partial charge in [0, 0.05) is 18.7 Å². The number of aromatic nitrogens is 3. The molecule has 0 aromatic carbocycles. The molecule has 0 spiro atoms. The van der Waals surface area contributed by atoms with Crippen LogP contribution in [0.1, 0.15) is 48.0 Å². The van der Waals surface area contributed by atoms with Gasteiger partial charge < -0.3 is 18.8 Å². The topological polar surface area (TPSA) is 90.6 Å². The van der Waals surface area contributed by atoms with E-state index in [0.717, 1.165) is 0 Å². The van der Waals surface area contributed by atoms with Crippen molar-refractivity contribution in [2.24, 2.45) is 0 Å². The van der Waals surface area contributed by atoms with E-state index in [1.165, 1.54) is 7.11 Å². The average molecular weight is 332 g/mol. The first-order chi connectivity index (χ1) is 11.6. The van der Waals surface area contributed by atoms with E-state index in [0.29, 0.717) is 42.9 Å². The maximum atomic E-state index is 12.8. The summed E-state index contributed by atoms with van der Waals surface area (Å²) in [6.07, 6.45) is 1.16. The number of ether oxygens (including phenoxy) is 2. The number of methoxy groups -OCH3 is 1. The van der Waals surface area contributed by atoms with Crippen molar-refractivity contribution in [1.29, 1.82) is 0 Å². The summed E-state index contributed by atoms with van der Waals surface area (Å²) in [7, 11) is 1.49. The normalized spacial score (nSPS) is 18.0. The molecule has 24 heavy (non-hydrogen) atoms. The van der Waals surface area contributed by atoms with Gasteiger partial charge >= 0.3 is 0 Å². The first-order valence-electron chi connectivity index (χ1n) is 7.83. The quantitative estimate of drug-likeness (QED) is 0.843. The van der Waals surface area contributed by atoms with Crippen LogP contribution in [0.5, 0.6) is 5.88 Å². The number of carbonyl (C=O) groups is 1. The van der Waals surface area contributed by atoms with Gasteiger partial charge in [-0.2, -0.15) is 0 Å². The standard InChI is InChI=1S/C16H20N4O4/c1-10(2)13-18-19-15(24-13)12-9-20(7-8-23-12)16(21)11-5-4-6-17-14(11)22-3/h4-6,10,12H,7-9H2,1-3H3. The second-order valence-electron chi connectivity index (χ2n) is 5.80. The van der Waals surface area contributed by atoms with E-state index in [-0.39, 0.29) is 11.8 Å². The maximum Gasteiger partial charge on any atom is 0.259 e. The number of pyridine rings is 1. The first kappa shape index (κ1) is 16.4. The third-order valence-corrected chi connectivity index (χ3v) is 3.77. The molecule has 2 aromatic rings. The van der Waals surface area contributed by atoms with E-state index in [1.807, 2.05) is 13.8 Å². The van der Waals surface area contributed by atoms with E-state index >= 15 is 0 Å². The molecule has 1 atom stereocenters. The second kappa shape index (κ2) is 6.96. The van der Waals surface area contributed by atoms with Gasteiger partial charge in [0.15, 0.2) is 6.10 Å². The summed E-state index contributed by atoms with van der Waals surface area (Å²) in [6.45, 7) is 5.18. The molecule has 3 heterocycles. The van der Waals surface area contributed by atoms with Crippen molar-refractivity contribution in [2.75, 3.05) is 26.8 Å². The van der Waals surface area contributed by atoms with E-state index in [1.54, 1.807) is 23.2 Å². The molecule has 0 bridgehead atoms. The van der Waals surface area contributed by atoms with Crippen molar-refractivity contribution >= 4 is 5.91 Å². The maximum absolute atomic E-state index is 12.8. The Bertz CT molecular complexity index is 716. The lowest BCUT2D eigenvalue weighted by Crippen LogP contribution is -2.42. The fourth-order valence-corrected chi connectivity index (χ4v) is 2.48. The monoisotopic (exact) mass is 332 g/mol. The van der Waals surface area contributed by atoms with Crippen molar-refractivity contribution in [3.63, 3.8) is 0 Å². The van der Waals surface area contributed by atoms with Crippen molar-refractivity contribution in [2.45, 2.75) is 25.9 Å². The fraction of sp³-hybridized carbons (Fsp3) is 0.500. The molecule has 0 N–H and O–H groups in total. The molecular weight excluding hydrogens is 312 g/mol. The number of hydrogen-bond donors (Lipinski definition) is 0. The average Bonchev–Trinajstić information content (AvgIpc) is 3.11. The Labute approximate surface area is 139 Å². The molecular formula is C16H20N4O4. The van der Waals surface area contributed by atoms with E-state index in [4.69, 9.17) is 13.9 Å². The predicted octanol–water partition coefficient (Wildman–Crippen LogP) is 1.81. The summed E-state index contributed by atoms with van der Waals surface area (Å²) >= 11 is 0. The van der Waals surface area contributed by atoms with Crippen molar-refractivity contribution < 1.29 is 18.7 Å². The minimum atomic E-state index is -0.426. The highest BCUT2D eigenvalue weighted by atomic mass is 16.5. The number of rotatable bonds is 4. The molecule has 1 amide bonds. The molecule has 8 nitrogen and oxygen atoms in total. The largest absolute Gasteiger partial charge is 0.480 e. The smallest absolute Gasteiger partial charge is 0.259 e. The Hall–Kier alpha value is -2.48. The van der Waals surface area contributed by atoms with Crippen LogP contribution in [-0.4, -0.2) is 52.8 Å². The number of morpholine rings is 1. The number of nitrogens with zero attached hydrogens (tertiary/aromatic N) is 4. The molecule has 1 aliphatic heterocycles. The number of amides is 1. The lowest BCUT2D eigenvalue weighted by Gasteiger charge is -2.31. The zero-order chi connectivity index (χ0) is 17.1. The summed E-state index contributed by atoms with van der Waals surface area (Å²) in [5.41, 5.74) is 0.425. The van der Waals surface area contributed by atoms with Crippen molar-refractivity contribution in [3.8, 4) is 5.88 Å². The Balaban J connectivity index is 1.76. The van der Waals surface area contributed by atoms with Crippen LogP contribution < -0.4 is 4.74 Å². The van der Waals surface area contributed by atoms with Crippen LogP contribution in [-0.2, 0) is 4.74 Å². The molecule has 8 heteroatoms. The predicted molar refractivity (Wildman–Crippen MR) is 83.8 cm³/mol. The Morgan fingerprint density at radius 2 is 2.25 bits per heavy atom. The fourth-order valence-electron chi connectivity index (χ4n) is 2.48. The molecule has 0 aliphatic carbocycles. The SMILES string of the molecule is COc1ncccc1C(=O)N1CCOC(c2nnc(C(C)C)o2)C1. The van der Waals surface area contributed by atoms with E-state index in [9.17, 15) is 4.79 Å². The number of hydrogen-bond acceptors (Lipinski definition) is 7. The second-order valence-corrected chi connectivity index (χ2v) is 5.80. The summed E-state index contributed by atoms with van der Waals surface area (Å²) < 4.78 is 16.5. The molecule has 0 radical (unpaired) electrons. The molecule has 2 aromatic heterocycles. The number of carbonyl (C=O) groups excluding carboxylic acids is 1. The van der Waals surface area contributed by atoms with Crippen LogP contribution in [0.4, 0.5) is 0 Å². The molecule has 128 valence electrons. The molecule has 1 saturated heterocycles. The van der Waals surface area contributed by atoms with Gasteiger partial charge in [-0.15, -0.1) is 10.2 Å². The van der Waals surface area contributed by atoms with Gasteiger partial charge in [-0.1, -0.05) is 13.8 Å². The molecule has 3 rings (SSSR count). The Morgan fingerprint density at radius 1 is 1.42 bits per heavy atom. The molecule has 1 aliphatic rings. The van der Waals surface area contributed by atoms with Crippen LogP contribution in [0.2, 0.25) is 0 Å². The molecule has 1 fully saturated rings. The molecule has 0 saturated carbocycles. The minimum Gasteiger partial charge on any atom is -0.480 e. The van der Waals surface area contributed by atoms with E-state index < -0.39 is 6.10 Å². The van der Waals surface area contributed by atoms with Gasteiger partial charge in [0.05, 0.1) is 20.3 Å². The van der Waals surface area contributed by atoms with Crippen molar-refractivity contribution in [3.05, 3.63) is 35.7 Å². The van der Waals surface area contributed by atoms with Gasteiger partial charge in [0.1, 0.15) is 5.56 Å². The van der Waals surface area contributed by atoms with Gasteiger partial charge in [-0.3, -0.25) is 4.79 Å². The Morgan fingerprint density at radius 3 is 2.96 bits per heavy atom. The van der Waals surface area contributed by atoms with Crippen LogP contribution in [0, 0.1) is 0 Å². The lowest BCUT2D eigenvalue weighted by atomic mass is 10.2. The third kappa shape index (κ3) is 3.23. The lowest BCUT2D eigenvalue weighted by molar-refractivity contribution is -0.0352. The highest BCUT2D eigenvalue weighted by Gasteiger charge is 2.31. The summed E-state index contributed by atoms with van der Waals surface area (Å²) in [6, 6.07) is 3.41. The highest BCUT2D eigenvalue weighted by molar-refractivity contribution is 5.96. The zero-order valence-corrected chi connectivity index (χ0v) is 13.9. The highest BCUT2D eigenvalue weighted by Crippen LogP contribution is 2.25. The zero-order valence-electron chi connectivity index (χ0n) is 13.9. The van der Waals surface area contributed by atoms with Gasteiger partial charge in [0.2, 0.25) is 17.7 Å². The van der Waals surface area contributed by atoms with Gasteiger partial charge in [0.25, 0.3) is 5.91 Å². The van der Waals surface area contributed by atoms with Crippen molar-refractivity contribution in [1.82, 2.24) is 20.1 Å². The van der Waals surface area contributed by atoms with Crippen LogP contribution >= 0.6 is 0 Å². The van der Waals surface area contributed by atoms with Gasteiger partial charge in [-0.05, 0) is 12.1 Å². The summed E-state index contributed by atoms with van der Waals surface area (Å²) in [5.74, 6) is 1.26. The minimum absolute atomic E-state index is 0.146. The Kier molecular flexibility index (Phi) is 4.75.